The van der Waals surface area contributed by atoms with Gasteiger partial charge in [-0.2, -0.15) is 0 Å². The summed E-state index contributed by atoms with van der Waals surface area (Å²) in [5.41, 5.74) is 1.17. The Labute approximate surface area is 92.5 Å². The third-order valence-corrected chi connectivity index (χ3v) is 2.37. The fourth-order valence-corrected chi connectivity index (χ4v) is 1.51. The van der Waals surface area contributed by atoms with Gasteiger partial charge in [0.15, 0.2) is 11.5 Å². The third kappa shape index (κ3) is 1.95. The van der Waals surface area contributed by atoms with Gasteiger partial charge in [-0.25, -0.2) is 0 Å². The van der Waals surface area contributed by atoms with Crippen molar-refractivity contribution in [1.29, 1.82) is 0 Å². The van der Waals surface area contributed by atoms with Crippen molar-refractivity contribution in [3.05, 3.63) is 47.3 Å². The Bertz CT molecular complexity index is 516. The number of Topliss-reactive ketones (excluding diaryl/α,β-unsaturated/α-hetero) is 1. The second kappa shape index (κ2) is 4.18. The Morgan fingerprint density at radius 1 is 1.44 bits per heavy atom. The summed E-state index contributed by atoms with van der Waals surface area (Å²) in [6, 6.07) is 6.94. The van der Waals surface area contributed by atoms with Gasteiger partial charge in [0.05, 0.1) is 11.8 Å². The summed E-state index contributed by atoms with van der Waals surface area (Å²) in [7, 11) is 0. The first-order valence-corrected chi connectivity index (χ1v) is 4.90. The SMILES string of the molecule is CC(=O)c1cnoc1Cc1ccccc1O. The van der Waals surface area contributed by atoms with E-state index in [1.165, 1.54) is 13.1 Å². The predicted octanol–water partition coefficient (Wildman–Crippen LogP) is 2.17. The molecule has 4 nitrogen and oxygen atoms in total. The summed E-state index contributed by atoms with van der Waals surface area (Å²) in [6.07, 6.45) is 1.76. The zero-order valence-corrected chi connectivity index (χ0v) is 8.80. The van der Waals surface area contributed by atoms with E-state index in [0.29, 0.717) is 23.3 Å². The van der Waals surface area contributed by atoms with Gasteiger partial charge in [0.2, 0.25) is 0 Å². The van der Waals surface area contributed by atoms with Crippen LogP contribution in [0.2, 0.25) is 0 Å². The first kappa shape index (κ1) is 10.4. The summed E-state index contributed by atoms with van der Waals surface area (Å²) in [6.45, 7) is 1.46. The Morgan fingerprint density at radius 3 is 2.88 bits per heavy atom. The number of nitrogens with zero attached hydrogens (tertiary/aromatic N) is 1. The van der Waals surface area contributed by atoms with Gasteiger partial charge < -0.3 is 9.63 Å². The van der Waals surface area contributed by atoms with E-state index in [1.807, 2.05) is 6.07 Å². The normalized spacial score (nSPS) is 10.3. The van der Waals surface area contributed by atoms with Crippen LogP contribution in [0.5, 0.6) is 5.75 Å². The van der Waals surface area contributed by atoms with Crippen molar-refractivity contribution in [1.82, 2.24) is 5.16 Å². The molecule has 1 aromatic heterocycles. The zero-order chi connectivity index (χ0) is 11.5. The van der Waals surface area contributed by atoms with Crippen molar-refractivity contribution in [2.45, 2.75) is 13.3 Å². The van der Waals surface area contributed by atoms with E-state index in [0.717, 1.165) is 0 Å². The summed E-state index contributed by atoms with van der Waals surface area (Å²) in [5.74, 6) is 0.578. The molecule has 0 aliphatic heterocycles. The van der Waals surface area contributed by atoms with Crippen molar-refractivity contribution < 1.29 is 14.4 Å². The van der Waals surface area contributed by atoms with Crippen LogP contribution in [-0.4, -0.2) is 16.0 Å². The Balaban J connectivity index is 2.31. The van der Waals surface area contributed by atoms with Crippen molar-refractivity contribution in [2.24, 2.45) is 0 Å². The second-order valence-corrected chi connectivity index (χ2v) is 3.52. The van der Waals surface area contributed by atoms with Crippen LogP contribution >= 0.6 is 0 Å². The number of hydrogen-bond acceptors (Lipinski definition) is 4. The number of hydrogen-bond donors (Lipinski definition) is 1. The van der Waals surface area contributed by atoms with E-state index < -0.39 is 0 Å². The molecule has 2 aromatic rings. The number of rotatable bonds is 3. The molecule has 0 unspecified atom stereocenters. The average molecular weight is 217 g/mol. The number of phenols is 1. The molecular formula is C12H11NO3. The fraction of sp³-hybridized carbons (Fsp3) is 0.167. The van der Waals surface area contributed by atoms with Gasteiger partial charge >= 0.3 is 0 Å². The van der Waals surface area contributed by atoms with Gasteiger partial charge in [0.1, 0.15) is 5.75 Å². The van der Waals surface area contributed by atoms with E-state index in [2.05, 4.69) is 5.16 Å². The van der Waals surface area contributed by atoms with Crippen LogP contribution in [0.1, 0.15) is 28.6 Å². The number of benzene rings is 1. The highest BCUT2D eigenvalue weighted by molar-refractivity contribution is 5.94. The standard InChI is InChI=1S/C12H11NO3/c1-8(14)10-7-13-16-12(10)6-9-4-2-3-5-11(9)15/h2-5,7,15H,6H2,1H3. The highest BCUT2D eigenvalue weighted by Crippen LogP contribution is 2.21. The lowest BCUT2D eigenvalue weighted by molar-refractivity contribution is 0.101. The van der Waals surface area contributed by atoms with Gasteiger partial charge in [0, 0.05) is 12.0 Å². The molecule has 1 aromatic carbocycles. The van der Waals surface area contributed by atoms with Crippen LogP contribution < -0.4 is 0 Å². The minimum atomic E-state index is -0.0910. The quantitative estimate of drug-likeness (QED) is 0.800. The molecule has 0 atom stereocenters. The lowest BCUT2D eigenvalue weighted by Gasteiger charge is -2.01. The second-order valence-electron chi connectivity index (χ2n) is 3.52. The monoisotopic (exact) mass is 217 g/mol. The Morgan fingerprint density at radius 2 is 2.19 bits per heavy atom. The largest absolute Gasteiger partial charge is 0.508 e. The fourth-order valence-electron chi connectivity index (χ4n) is 1.51. The van der Waals surface area contributed by atoms with Gasteiger partial charge in [-0.15, -0.1) is 0 Å². The van der Waals surface area contributed by atoms with Gasteiger partial charge in [0.25, 0.3) is 0 Å². The van der Waals surface area contributed by atoms with E-state index >= 15 is 0 Å². The summed E-state index contributed by atoms with van der Waals surface area (Å²) in [5, 5.41) is 13.2. The number of carbonyl (C=O) groups is 1. The van der Waals surface area contributed by atoms with E-state index in [4.69, 9.17) is 4.52 Å². The predicted molar refractivity (Wildman–Crippen MR) is 57.4 cm³/mol. The minimum Gasteiger partial charge on any atom is -0.508 e. The van der Waals surface area contributed by atoms with Crippen molar-refractivity contribution in [3.63, 3.8) is 0 Å². The number of ketones is 1. The van der Waals surface area contributed by atoms with Crippen LogP contribution in [0.25, 0.3) is 0 Å². The molecule has 1 heterocycles. The molecular weight excluding hydrogens is 206 g/mol. The molecule has 82 valence electrons. The molecule has 16 heavy (non-hydrogen) atoms. The van der Waals surface area contributed by atoms with Crippen molar-refractivity contribution >= 4 is 5.78 Å². The van der Waals surface area contributed by atoms with E-state index in [-0.39, 0.29) is 11.5 Å². The Hall–Kier alpha value is -2.10. The van der Waals surface area contributed by atoms with Crippen LogP contribution in [0.15, 0.2) is 35.0 Å². The van der Waals surface area contributed by atoms with Gasteiger partial charge in [-0.3, -0.25) is 4.79 Å². The molecule has 0 spiro atoms. The lowest BCUT2D eigenvalue weighted by Crippen LogP contribution is -1.96. The molecule has 0 radical (unpaired) electrons. The maximum Gasteiger partial charge on any atom is 0.165 e. The van der Waals surface area contributed by atoms with Crippen molar-refractivity contribution in [3.8, 4) is 5.75 Å². The molecule has 0 aliphatic rings. The maximum atomic E-state index is 11.2. The molecule has 0 fully saturated rings. The maximum absolute atomic E-state index is 11.2. The molecule has 1 N–H and O–H groups in total. The van der Waals surface area contributed by atoms with E-state index in [9.17, 15) is 9.90 Å². The van der Waals surface area contributed by atoms with Crippen LogP contribution in [0, 0.1) is 0 Å². The van der Waals surface area contributed by atoms with Gasteiger partial charge in [-0.05, 0) is 13.0 Å². The molecule has 0 aliphatic carbocycles. The number of aromatic nitrogens is 1. The van der Waals surface area contributed by atoms with Gasteiger partial charge in [-0.1, -0.05) is 23.4 Å². The topological polar surface area (TPSA) is 63.3 Å². The molecule has 0 amide bonds. The highest BCUT2D eigenvalue weighted by Gasteiger charge is 2.14. The highest BCUT2D eigenvalue weighted by atomic mass is 16.5. The summed E-state index contributed by atoms with van der Waals surface area (Å²) < 4.78 is 5.00. The van der Waals surface area contributed by atoms with Crippen LogP contribution in [-0.2, 0) is 6.42 Å². The first-order valence-electron chi connectivity index (χ1n) is 4.90. The number of aromatic hydroxyl groups is 1. The molecule has 0 saturated carbocycles. The zero-order valence-electron chi connectivity index (χ0n) is 8.80. The van der Waals surface area contributed by atoms with E-state index in [1.54, 1.807) is 18.2 Å². The molecule has 0 saturated heterocycles. The molecule has 4 heteroatoms. The van der Waals surface area contributed by atoms with Crippen molar-refractivity contribution in [2.75, 3.05) is 0 Å². The number of phenolic OH excluding ortho intramolecular Hbond substituents is 1. The minimum absolute atomic E-state index is 0.0910. The average Bonchev–Trinajstić information content (AvgIpc) is 2.69. The summed E-state index contributed by atoms with van der Waals surface area (Å²) >= 11 is 0. The lowest BCUT2D eigenvalue weighted by atomic mass is 10.1. The number of para-hydroxylation sites is 1. The first-order chi connectivity index (χ1) is 7.68. The summed E-state index contributed by atoms with van der Waals surface area (Å²) in [4.78, 5) is 11.2. The third-order valence-electron chi connectivity index (χ3n) is 2.37. The smallest absolute Gasteiger partial charge is 0.165 e. The molecule has 2 rings (SSSR count). The van der Waals surface area contributed by atoms with Crippen LogP contribution in [0.3, 0.4) is 0 Å². The molecule has 0 bridgehead atoms. The van der Waals surface area contributed by atoms with Crippen LogP contribution in [0.4, 0.5) is 0 Å². The Kier molecular flexibility index (Phi) is 2.72. The number of carbonyl (C=O) groups excluding carboxylic acids is 1.